The highest BCUT2D eigenvalue weighted by Crippen LogP contribution is 2.12. The monoisotopic (exact) mass is 209 g/mol. The predicted molar refractivity (Wildman–Crippen MR) is 70.1 cm³/mol. The minimum Gasteiger partial charge on any atom is -0.309 e. The van der Waals surface area contributed by atoms with Crippen LogP contribution in [0.25, 0.3) is 0 Å². The molecule has 0 aromatic carbocycles. The first-order chi connectivity index (χ1) is 7.10. The summed E-state index contributed by atoms with van der Waals surface area (Å²) in [4.78, 5) is 2.24. The Morgan fingerprint density at radius 1 is 1.33 bits per heavy atom. The summed E-state index contributed by atoms with van der Waals surface area (Å²) in [5, 5.41) is 0. The smallest absolute Gasteiger partial charge is 0.00193 e. The van der Waals surface area contributed by atoms with Gasteiger partial charge in [-0.3, -0.25) is 0 Å². The molecule has 0 bridgehead atoms. The van der Waals surface area contributed by atoms with Crippen molar-refractivity contribution in [1.29, 1.82) is 0 Å². The molecule has 0 radical (unpaired) electrons. The molecule has 0 aromatic heterocycles. The van der Waals surface area contributed by atoms with E-state index in [1.54, 1.807) is 0 Å². The molecule has 1 nitrogen and oxygen atoms in total. The highest BCUT2D eigenvalue weighted by molar-refractivity contribution is 4.91. The summed E-state index contributed by atoms with van der Waals surface area (Å²) in [5.41, 5.74) is 0. The van der Waals surface area contributed by atoms with Crippen LogP contribution in [0.3, 0.4) is 0 Å². The largest absolute Gasteiger partial charge is 0.309 e. The van der Waals surface area contributed by atoms with Gasteiger partial charge in [-0.15, -0.1) is 6.58 Å². The van der Waals surface area contributed by atoms with Gasteiger partial charge < -0.3 is 4.90 Å². The van der Waals surface area contributed by atoms with Crippen molar-refractivity contribution in [2.45, 2.75) is 33.1 Å². The maximum absolute atomic E-state index is 3.85. The van der Waals surface area contributed by atoms with Crippen LogP contribution in [0.4, 0.5) is 0 Å². The lowest BCUT2D eigenvalue weighted by molar-refractivity contribution is 0.379. The summed E-state index contributed by atoms with van der Waals surface area (Å²) in [7, 11) is 4.25. The first-order valence-electron chi connectivity index (χ1n) is 6.04. The van der Waals surface area contributed by atoms with Crippen molar-refractivity contribution in [1.82, 2.24) is 4.90 Å². The Bertz CT molecular complexity index is 182. The fourth-order valence-corrected chi connectivity index (χ4v) is 1.47. The second kappa shape index (κ2) is 8.72. The van der Waals surface area contributed by atoms with Crippen LogP contribution < -0.4 is 0 Å². The van der Waals surface area contributed by atoms with Gasteiger partial charge in [0.1, 0.15) is 0 Å². The van der Waals surface area contributed by atoms with Crippen LogP contribution >= 0.6 is 0 Å². The first kappa shape index (κ1) is 14.4. The molecule has 0 saturated heterocycles. The van der Waals surface area contributed by atoms with Gasteiger partial charge in [0.15, 0.2) is 0 Å². The third-order valence-corrected chi connectivity index (χ3v) is 2.79. The minimum absolute atomic E-state index is 0.655. The number of rotatable bonds is 8. The van der Waals surface area contributed by atoms with Gasteiger partial charge in [-0.05, 0) is 51.7 Å². The van der Waals surface area contributed by atoms with Crippen LogP contribution in [0.15, 0.2) is 24.8 Å². The lowest BCUT2D eigenvalue weighted by atomic mass is 10.0. The Morgan fingerprint density at radius 2 is 2.00 bits per heavy atom. The molecule has 0 spiro atoms. The minimum atomic E-state index is 0.655. The lowest BCUT2D eigenvalue weighted by Gasteiger charge is -2.12. The van der Waals surface area contributed by atoms with Crippen molar-refractivity contribution in [3.05, 3.63) is 24.8 Å². The zero-order valence-corrected chi connectivity index (χ0v) is 10.9. The van der Waals surface area contributed by atoms with Crippen molar-refractivity contribution < 1.29 is 0 Å². The fourth-order valence-electron chi connectivity index (χ4n) is 1.47. The van der Waals surface area contributed by atoms with Gasteiger partial charge in [0.25, 0.3) is 0 Å². The molecular formula is C14H27N. The van der Waals surface area contributed by atoms with E-state index in [1.807, 2.05) is 0 Å². The Morgan fingerprint density at radius 3 is 2.47 bits per heavy atom. The molecule has 15 heavy (non-hydrogen) atoms. The van der Waals surface area contributed by atoms with Crippen LogP contribution in [0.1, 0.15) is 33.1 Å². The van der Waals surface area contributed by atoms with E-state index >= 15 is 0 Å². The summed E-state index contributed by atoms with van der Waals surface area (Å²) in [6.07, 6.45) is 10.3. The SMILES string of the molecule is C=CC(CC)CC=CC(C)CCN(C)C. The predicted octanol–water partition coefficient (Wildman–Crippen LogP) is 3.73. The molecular weight excluding hydrogens is 182 g/mol. The molecule has 2 unspecified atom stereocenters. The Hall–Kier alpha value is -0.560. The zero-order valence-electron chi connectivity index (χ0n) is 10.9. The Kier molecular flexibility index (Phi) is 8.40. The van der Waals surface area contributed by atoms with Crippen molar-refractivity contribution in [2.24, 2.45) is 11.8 Å². The number of hydrogen-bond acceptors (Lipinski definition) is 1. The molecule has 0 aliphatic carbocycles. The van der Waals surface area contributed by atoms with E-state index < -0.39 is 0 Å². The van der Waals surface area contributed by atoms with Crippen LogP contribution in [0, 0.1) is 11.8 Å². The molecule has 0 aromatic rings. The topological polar surface area (TPSA) is 3.24 Å². The van der Waals surface area contributed by atoms with E-state index in [9.17, 15) is 0 Å². The van der Waals surface area contributed by atoms with Gasteiger partial charge in [-0.25, -0.2) is 0 Å². The molecule has 0 aliphatic heterocycles. The quantitative estimate of drug-likeness (QED) is 0.551. The number of hydrogen-bond donors (Lipinski definition) is 0. The molecule has 0 rings (SSSR count). The lowest BCUT2D eigenvalue weighted by Crippen LogP contribution is -2.14. The van der Waals surface area contributed by atoms with Gasteiger partial charge >= 0.3 is 0 Å². The Labute approximate surface area is 95.9 Å². The standard InChI is InChI=1S/C14H27N/c1-6-14(7-2)10-8-9-13(3)11-12-15(4)5/h6,8-9,13-14H,1,7,10-12H2,2-5H3. The number of nitrogens with zero attached hydrogens (tertiary/aromatic N) is 1. The summed E-state index contributed by atoms with van der Waals surface area (Å²) in [6, 6.07) is 0. The van der Waals surface area contributed by atoms with Crippen LogP contribution in [-0.4, -0.2) is 25.5 Å². The fraction of sp³-hybridized carbons (Fsp3) is 0.714. The maximum Gasteiger partial charge on any atom is -0.00193 e. The van der Waals surface area contributed by atoms with Crippen LogP contribution in [0.5, 0.6) is 0 Å². The van der Waals surface area contributed by atoms with Crippen molar-refractivity contribution >= 4 is 0 Å². The maximum atomic E-state index is 3.85. The second-order valence-corrected chi connectivity index (χ2v) is 4.64. The molecule has 1 heteroatoms. The molecule has 0 aliphatic rings. The molecule has 0 amide bonds. The van der Waals surface area contributed by atoms with Gasteiger partial charge in [0.05, 0.1) is 0 Å². The van der Waals surface area contributed by atoms with Gasteiger partial charge in [0.2, 0.25) is 0 Å². The number of allylic oxidation sites excluding steroid dienone is 3. The average molecular weight is 209 g/mol. The molecule has 0 saturated carbocycles. The summed E-state index contributed by atoms with van der Waals surface area (Å²) in [6.45, 7) is 9.52. The van der Waals surface area contributed by atoms with E-state index in [0.717, 1.165) is 6.42 Å². The van der Waals surface area contributed by atoms with Gasteiger partial charge in [-0.2, -0.15) is 0 Å². The second-order valence-electron chi connectivity index (χ2n) is 4.64. The van der Waals surface area contributed by atoms with E-state index in [2.05, 4.69) is 57.6 Å². The molecule has 2 atom stereocenters. The normalized spacial score (nSPS) is 15.8. The molecule has 0 heterocycles. The van der Waals surface area contributed by atoms with Crippen LogP contribution in [0.2, 0.25) is 0 Å². The third kappa shape index (κ3) is 8.44. The summed E-state index contributed by atoms with van der Waals surface area (Å²) >= 11 is 0. The Balaban J connectivity index is 3.70. The van der Waals surface area contributed by atoms with Crippen molar-refractivity contribution in [3.63, 3.8) is 0 Å². The zero-order chi connectivity index (χ0) is 11.7. The molecule has 0 N–H and O–H groups in total. The highest BCUT2D eigenvalue weighted by atomic mass is 15.0. The van der Waals surface area contributed by atoms with Crippen molar-refractivity contribution in [3.8, 4) is 0 Å². The van der Waals surface area contributed by atoms with E-state index in [0.29, 0.717) is 11.8 Å². The van der Waals surface area contributed by atoms with Crippen LogP contribution in [-0.2, 0) is 0 Å². The van der Waals surface area contributed by atoms with Crippen molar-refractivity contribution in [2.75, 3.05) is 20.6 Å². The van der Waals surface area contributed by atoms with E-state index in [1.165, 1.54) is 19.4 Å². The summed E-state index contributed by atoms with van der Waals surface area (Å²) < 4.78 is 0. The molecule has 0 fully saturated rings. The van der Waals surface area contributed by atoms with Gasteiger partial charge in [0, 0.05) is 0 Å². The summed E-state index contributed by atoms with van der Waals surface area (Å²) in [5.74, 6) is 1.34. The highest BCUT2D eigenvalue weighted by Gasteiger charge is 2.00. The van der Waals surface area contributed by atoms with E-state index in [4.69, 9.17) is 0 Å². The van der Waals surface area contributed by atoms with E-state index in [-0.39, 0.29) is 0 Å². The van der Waals surface area contributed by atoms with Gasteiger partial charge in [-0.1, -0.05) is 32.1 Å². The third-order valence-electron chi connectivity index (χ3n) is 2.79. The average Bonchev–Trinajstić information content (AvgIpc) is 2.21. The molecule has 88 valence electrons. The first-order valence-corrected chi connectivity index (χ1v) is 6.04.